The van der Waals surface area contributed by atoms with Crippen molar-refractivity contribution in [2.45, 2.75) is 13.8 Å². The van der Waals surface area contributed by atoms with E-state index in [9.17, 15) is 24.8 Å². The number of carbonyl (C=O) groups is 1. The smallest absolute Gasteiger partial charge is 0.348 e. The fraction of sp³-hybridized carbons (Fsp3) is 0.125. The van der Waals surface area contributed by atoms with Gasteiger partial charge in [0.15, 0.2) is 0 Å². The number of hydrogen-bond donors (Lipinski definition) is 2. The number of aliphatic imine (C=N–C) groups is 1. The Hall–Kier alpha value is -4.49. The molecule has 0 saturated heterocycles. The van der Waals surface area contributed by atoms with E-state index < -0.39 is 23.1 Å². The predicted octanol–water partition coefficient (Wildman–Crippen LogP) is 3.55. The van der Waals surface area contributed by atoms with Gasteiger partial charge in [-0.05, 0) is 30.9 Å². The fourth-order valence-corrected chi connectivity index (χ4v) is 4.51. The molecule has 0 aliphatic heterocycles. The van der Waals surface area contributed by atoms with Crippen LogP contribution in [0.5, 0.6) is 5.88 Å². The van der Waals surface area contributed by atoms with Crippen molar-refractivity contribution in [2.24, 2.45) is 4.99 Å². The van der Waals surface area contributed by atoms with E-state index >= 15 is 0 Å². The molecule has 2 N–H and O–H groups in total. The van der Waals surface area contributed by atoms with Gasteiger partial charge >= 0.3 is 11.7 Å². The summed E-state index contributed by atoms with van der Waals surface area (Å²) in [6.45, 7) is 3.45. The second-order valence-electron chi connectivity index (χ2n) is 7.16. The molecule has 0 radical (unpaired) electrons. The van der Waals surface area contributed by atoms with Crippen LogP contribution in [0.25, 0.3) is 16.5 Å². The molecule has 0 bridgehead atoms. The molecule has 0 atom stereocenters. The molecule has 0 fully saturated rings. The molecule has 0 aliphatic rings. The maximum atomic E-state index is 12.6. The van der Waals surface area contributed by atoms with Crippen molar-refractivity contribution >= 4 is 39.3 Å². The van der Waals surface area contributed by atoms with Gasteiger partial charge in [0.05, 0.1) is 17.9 Å². The molecule has 0 amide bonds. The number of hydrogen-bond acceptors (Lipinski definition) is 8. The van der Waals surface area contributed by atoms with Crippen molar-refractivity contribution in [3.8, 4) is 17.6 Å². The molecule has 10 heteroatoms. The first-order chi connectivity index (χ1) is 16.4. The molecule has 2 aromatic heterocycles. The molecule has 2 heterocycles. The number of nitrogens with one attached hydrogen (secondary N) is 1. The fourth-order valence-electron chi connectivity index (χ4n) is 3.52. The summed E-state index contributed by atoms with van der Waals surface area (Å²) in [5, 5.41) is 22.1. The minimum absolute atomic E-state index is 0.155. The maximum absolute atomic E-state index is 12.6. The monoisotopic (exact) mass is 474 g/mol. The molecule has 0 unspecified atom stereocenters. The number of aromatic nitrogens is 2. The predicted molar refractivity (Wildman–Crippen MR) is 129 cm³/mol. The van der Waals surface area contributed by atoms with Gasteiger partial charge in [-0.1, -0.05) is 36.4 Å². The third-order valence-corrected chi connectivity index (χ3v) is 6.32. The van der Waals surface area contributed by atoms with E-state index in [0.717, 1.165) is 27.5 Å². The van der Waals surface area contributed by atoms with Crippen LogP contribution < -0.4 is 11.2 Å². The number of nitrogens with zero attached hydrogens (tertiary/aromatic N) is 3. The molecule has 2 aromatic carbocycles. The number of rotatable bonds is 5. The highest BCUT2D eigenvalue weighted by Gasteiger charge is 2.21. The zero-order chi connectivity index (χ0) is 24.4. The average molecular weight is 474 g/mol. The molecule has 4 rings (SSSR count). The third-order valence-electron chi connectivity index (χ3n) is 5.14. The molecule has 0 saturated carbocycles. The second kappa shape index (κ2) is 9.17. The summed E-state index contributed by atoms with van der Waals surface area (Å²) in [6.07, 6.45) is 1.07. The summed E-state index contributed by atoms with van der Waals surface area (Å²) < 4.78 is 6.00. The molecule has 9 nitrogen and oxygen atoms in total. The Labute approximate surface area is 196 Å². The summed E-state index contributed by atoms with van der Waals surface area (Å²) in [5.41, 5.74) is -0.995. The van der Waals surface area contributed by atoms with Crippen LogP contribution in [0.1, 0.15) is 33.3 Å². The lowest BCUT2D eigenvalue weighted by atomic mass is 10.1. The van der Waals surface area contributed by atoms with Crippen LogP contribution in [0, 0.1) is 18.3 Å². The van der Waals surface area contributed by atoms with Gasteiger partial charge in [0, 0.05) is 11.6 Å². The Kier molecular flexibility index (Phi) is 6.12. The Bertz CT molecular complexity index is 1620. The molecule has 34 heavy (non-hydrogen) atoms. The van der Waals surface area contributed by atoms with Crippen LogP contribution in [0.3, 0.4) is 0 Å². The third kappa shape index (κ3) is 3.89. The number of carbonyl (C=O) groups excluding carboxylic acids is 1. The van der Waals surface area contributed by atoms with E-state index in [1.165, 1.54) is 0 Å². The Balaban J connectivity index is 1.86. The molecule has 170 valence electrons. The standard InChI is InChI=1S/C24H18N4O5S/c1-3-33-23(31)19-13(2)16(11-25)21(34-19)26-12-17-20(29)27-24(32)28(22(17)30)18-10-6-8-14-7-4-5-9-15(14)18/h4-10,12,30H,3H2,1-2H3,(H,27,29,32)/b26-12+. The van der Waals surface area contributed by atoms with Crippen molar-refractivity contribution in [3.63, 3.8) is 0 Å². The maximum Gasteiger partial charge on any atom is 0.348 e. The zero-order valence-electron chi connectivity index (χ0n) is 18.2. The summed E-state index contributed by atoms with van der Waals surface area (Å²) in [7, 11) is 0. The number of aromatic hydroxyl groups is 1. The topological polar surface area (TPSA) is 138 Å². The van der Waals surface area contributed by atoms with Gasteiger partial charge in [-0.2, -0.15) is 5.26 Å². The first kappa shape index (κ1) is 22.7. The SMILES string of the molecule is CCOC(=O)c1sc(/N=C/c2c(O)n(-c3cccc4ccccc34)c(=O)[nH]c2=O)c(C#N)c1C. The van der Waals surface area contributed by atoms with Crippen molar-refractivity contribution in [2.75, 3.05) is 6.61 Å². The van der Waals surface area contributed by atoms with E-state index in [1.54, 1.807) is 38.1 Å². The quantitative estimate of drug-likeness (QED) is 0.335. The van der Waals surface area contributed by atoms with Gasteiger partial charge in [-0.15, -0.1) is 11.3 Å². The average Bonchev–Trinajstić information content (AvgIpc) is 3.14. The van der Waals surface area contributed by atoms with Gasteiger partial charge in [-0.25, -0.2) is 19.1 Å². The number of H-pyrrole nitrogens is 1. The summed E-state index contributed by atoms with van der Waals surface area (Å²) in [5.74, 6) is -1.18. The Morgan fingerprint density at radius 3 is 2.74 bits per heavy atom. The van der Waals surface area contributed by atoms with Crippen molar-refractivity contribution < 1.29 is 14.6 Å². The molecule has 0 aliphatic carbocycles. The lowest BCUT2D eigenvalue weighted by Gasteiger charge is -2.12. The molecule has 0 spiro atoms. The van der Waals surface area contributed by atoms with Crippen LogP contribution in [0.4, 0.5) is 5.00 Å². The van der Waals surface area contributed by atoms with Gasteiger partial charge in [0.2, 0.25) is 5.88 Å². The van der Waals surface area contributed by atoms with Crippen LogP contribution in [0.2, 0.25) is 0 Å². The van der Waals surface area contributed by atoms with Crippen LogP contribution in [-0.4, -0.2) is 33.4 Å². The summed E-state index contributed by atoms with van der Waals surface area (Å²) in [6, 6.07) is 14.5. The van der Waals surface area contributed by atoms with E-state index in [0.29, 0.717) is 16.6 Å². The molecular weight excluding hydrogens is 456 g/mol. The number of esters is 1. The van der Waals surface area contributed by atoms with Crippen molar-refractivity contribution in [3.05, 3.63) is 84.9 Å². The van der Waals surface area contributed by atoms with Crippen LogP contribution in [-0.2, 0) is 4.74 Å². The highest BCUT2D eigenvalue weighted by molar-refractivity contribution is 7.18. The Morgan fingerprint density at radius 1 is 1.26 bits per heavy atom. The number of fused-ring (bicyclic) bond motifs is 1. The highest BCUT2D eigenvalue weighted by Crippen LogP contribution is 2.35. The van der Waals surface area contributed by atoms with E-state index in [2.05, 4.69) is 9.98 Å². The van der Waals surface area contributed by atoms with Gasteiger partial charge in [0.1, 0.15) is 21.5 Å². The number of aromatic amines is 1. The van der Waals surface area contributed by atoms with Gasteiger partial charge in [0.25, 0.3) is 5.56 Å². The molecular formula is C24H18N4O5S. The van der Waals surface area contributed by atoms with Crippen LogP contribution in [0.15, 0.2) is 57.0 Å². The number of nitriles is 1. The largest absolute Gasteiger partial charge is 0.493 e. The van der Waals surface area contributed by atoms with Crippen molar-refractivity contribution in [1.29, 1.82) is 5.26 Å². The summed E-state index contributed by atoms with van der Waals surface area (Å²) in [4.78, 5) is 43.9. The van der Waals surface area contributed by atoms with E-state index in [1.807, 2.05) is 24.3 Å². The van der Waals surface area contributed by atoms with Gasteiger partial charge in [-0.3, -0.25) is 9.78 Å². The first-order valence-corrected chi connectivity index (χ1v) is 11.0. The van der Waals surface area contributed by atoms with Crippen molar-refractivity contribution in [1.82, 2.24) is 9.55 Å². The zero-order valence-corrected chi connectivity index (χ0v) is 19.0. The molecule has 4 aromatic rings. The minimum Gasteiger partial charge on any atom is -0.493 e. The number of ether oxygens (including phenoxy) is 1. The summed E-state index contributed by atoms with van der Waals surface area (Å²) >= 11 is 0.938. The first-order valence-electron chi connectivity index (χ1n) is 10.2. The number of thiophene rings is 1. The highest BCUT2D eigenvalue weighted by atomic mass is 32.1. The normalized spacial score (nSPS) is 11.1. The number of benzene rings is 2. The lowest BCUT2D eigenvalue weighted by Crippen LogP contribution is -2.31. The second-order valence-corrected chi connectivity index (χ2v) is 8.16. The minimum atomic E-state index is -0.847. The van der Waals surface area contributed by atoms with Gasteiger partial charge < -0.3 is 9.84 Å². The lowest BCUT2D eigenvalue weighted by molar-refractivity contribution is 0.0531. The van der Waals surface area contributed by atoms with E-state index in [-0.39, 0.29) is 27.6 Å². The Morgan fingerprint density at radius 2 is 2.00 bits per heavy atom. The van der Waals surface area contributed by atoms with E-state index in [4.69, 9.17) is 4.74 Å². The van der Waals surface area contributed by atoms with Crippen LogP contribution >= 0.6 is 11.3 Å².